The average Bonchev–Trinajstić information content (AvgIpc) is 3.29. The monoisotopic (exact) mass is 342 g/mol. The smallest absolute Gasteiger partial charge is 0.214 e. The van der Waals surface area contributed by atoms with E-state index >= 15 is 0 Å². The van der Waals surface area contributed by atoms with E-state index in [1.807, 2.05) is 17.1 Å². The highest BCUT2D eigenvalue weighted by molar-refractivity contribution is 7.99. The van der Waals surface area contributed by atoms with Crippen LogP contribution in [0.15, 0.2) is 41.8 Å². The molecule has 2 aromatic heterocycles. The zero-order valence-electron chi connectivity index (χ0n) is 13.9. The third-order valence-corrected chi connectivity index (χ3v) is 4.84. The Kier molecular flexibility index (Phi) is 6.01. The van der Waals surface area contributed by atoms with Crippen molar-refractivity contribution in [2.45, 2.75) is 44.2 Å². The number of aromatic amines is 1. The van der Waals surface area contributed by atoms with Crippen molar-refractivity contribution < 1.29 is 0 Å². The van der Waals surface area contributed by atoms with E-state index in [2.05, 4.69) is 56.9 Å². The van der Waals surface area contributed by atoms with Gasteiger partial charge in [0.25, 0.3) is 0 Å². The molecule has 0 saturated carbocycles. The second-order valence-electron chi connectivity index (χ2n) is 5.70. The number of nitrogens with zero attached hydrogens (tertiary/aromatic N) is 5. The highest BCUT2D eigenvalue weighted by atomic mass is 32.2. The van der Waals surface area contributed by atoms with Crippen molar-refractivity contribution in [1.29, 1.82) is 0 Å². The first kappa shape index (κ1) is 16.7. The van der Waals surface area contributed by atoms with E-state index in [1.165, 1.54) is 24.0 Å². The van der Waals surface area contributed by atoms with Crippen LogP contribution in [0.4, 0.5) is 0 Å². The minimum atomic E-state index is 0.837. The van der Waals surface area contributed by atoms with Crippen molar-refractivity contribution in [2.24, 2.45) is 0 Å². The van der Waals surface area contributed by atoms with Gasteiger partial charge in [0, 0.05) is 11.9 Å². The predicted molar refractivity (Wildman–Crippen MR) is 95.4 cm³/mol. The van der Waals surface area contributed by atoms with Crippen LogP contribution in [0.1, 0.15) is 37.3 Å². The molecule has 1 N–H and O–H groups in total. The van der Waals surface area contributed by atoms with Gasteiger partial charge in [-0.1, -0.05) is 37.2 Å². The van der Waals surface area contributed by atoms with E-state index in [4.69, 9.17) is 0 Å². The maximum absolute atomic E-state index is 4.15. The molecule has 0 spiro atoms. The number of unbranched alkanes of at least 4 members (excludes halogenated alkanes) is 1. The van der Waals surface area contributed by atoms with Crippen molar-refractivity contribution >= 4 is 11.8 Å². The Morgan fingerprint density at radius 3 is 2.67 bits per heavy atom. The maximum Gasteiger partial charge on any atom is 0.214 e. The molecular formula is C17H22N6S. The highest BCUT2D eigenvalue weighted by Gasteiger charge is 2.09. The molecule has 0 aliphatic rings. The molecule has 7 heteroatoms. The third-order valence-electron chi connectivity index (χ3n) is 3.84. The summed E-state index contributed by atoms with van der Waals surface area (Å²) in [6.45, 7) is 2.21. The molecule has 126 valence electrons. The molecule has 3 rings (SSSR count). The van der Waals surface area contributed by atoms with Crippen molar-refractivity contribution in [1.82, 2.24) is 30.4 Å². The summed E-state index contributed by atoms with van der Waals surface area (Å²) in [5.41, 5.74) is 3.61. The van der Waals surface area contributed by atoms with E-state index in [-0.39, 0.29) is 0 Å². The number of nitrogens with one attached hydrogen (secondary N) is 1. The van der Waals surface area contributed by atoms with Crippen molar-refractivity contribution in [3.05, 3.63) is 47.8 Å². The highest BCUT2D eigenvalue weighted by Crippen LogP contribution is 2.20. The Labute approximate surface area is 146 Å². The fraction of sp³-hybridized carbons (Fsp3) is 0.412. The Bertz CT molecular complexity index is 720. The molecule has 0 atom stereocenters. The van der Waals surface area contributed by atoms with Crippen LogP contribution in [0.2, 0.25) is 0 Å². The molecule has 6 nitrogen and oxygen atoms in total. The van der Waals surface area contributed by atoms with Gasteiger partial charge in [-0.2, -0.15) is 9.78 Å². The minimum absolute atomic E-state index is 0.837. The summed E-state index contributed by atoms with van der Waals surface area (Å²) in [4.78, 5) is 0. The van der Waals surface area contributed by atoms with Crippen LogP contribution in [-0.2, 0) is 12.8 Å². The Hall–Kier alpha value is -2.15. The van der Waals surface area contributed by atoms with Crippen LogP contribution >= 0.6 is 11.8 Å². The summed E-state index contributed by atoms with van der Waals surface area (Å²) in [5.74, 6) is 0.972. The number of hydrogen-bond donors (Lipinski definition) is 1. The van der Waals surface area contributed by atoms with Crippen molar-refractivity contribution in [3.8, 4) is 5.69 Å². The number of H-pyrrole nitrogens is 1. The molecule has 0 saturated heterocycles. The van der Waals surface area contributed by atoms with Crippen LogP contribution in [0.25, 0.3) is 5.69 Å². The molecule has 24 heavy (non-hydrogen) atoms. The number of hydrogen-bond acceptors (Lipinski definition) is 5. The first-order chi connectivity index (χ1) is 11.9. The minimum Gasteiger partial charge on any atom is -0.285 e. The normalized spacial score (nSPS) is 11.0. The van der Waals surface area contributed by atoms with Gasteiger partial charge in [0.2, 0.25) is 5.16 Å². The summed E-state index contributed by atoms with van der Waals surface area (Å²) in [5, 5.41) is 19.7. The number of aryl methyl sites for hydroxylation is 2. The summed E-state index contributed by atoms with van der Waals surface area (Å²) in [6, 6.07) is 8.52. The number of aromatic nitrogens is 6. The lowest BCUT2D eigenvalue weighted by Crippen LogP contribution is -2.00. The molecule has 0 aliphatic heterocycles. The molecule has 0 radical (unpaired) electrons. The summed E-state index contributed by atoms with van der Waals surface area (Å²) in [6.07, 6.45) is 9.45. The van der Waals surface area contributed by atoms with Gasteiger partial charge in [-0.3, -0.25) is 5.10 Å². The molecule has 1 aromatic carbocycles. The van der Waals surface area contributed by atoms with Crippen molar-refractivity contribution in [2.75, 3.05) is 5.75 Å². The summed E-state index contributed by atoms with van der Waals surface area (Å²) < 4.78 is 1.81. The lowest BCUT2D eigenvalue weighted by Gasteiger charge is -2.06. The number of tetrazole rings is 1. The van der Waals surface area contributed by atoms with E-state index < -0.39 is 0 Å². The second-order valence-corrected chi connectivity index (χ2v) is 6.76. The van der Waals surface area contributed by atoms with Gasteiger partial charge in [0.1, 0.15) is 0 Å². The van der Waals surface area contributed by atoms with Gasteiger partial charge in [0.15, 0.2) is 0 Å². The van der Waals surface area contributed by atoms with Gasteiger partial charge < -0.3 is 0 Å². The molecule has 0 aliphatic carbocycles. The molecule has 0 unspecified atom stereocenters. The first-order valence-electron chi connectivity index (χ1n) is 8.35. The zero-order chi connectivity index (χ0) is 16.6. The largest absolute Gasteiger partial charge is 0.285 e. The molecular weight excluding hydrogens is 320 g/mol. The first-order valence-corrected chi connectivity index (χ1v) is 9.33. The zero-order valence-corrected chi connectivity index (χ0v) is 14.7. The van der Waals surface area contributed by atoms with E-state index in [0.717, 1.165) is 35.9 Å². The summed E-state index contributed by atoms with van der Waals surface area (Å²) >= 11 is 1.68. The topological polar surface area (TPSA) is 72.3 Å². The maximum atomic E-state index is 4.15. The Morgan fingerprint density at radius 2 is 1.92 bits per heavy atom. The molecule has 0 fully saturated rings. The van der Waals surface area contributed by atoms with Crippen LogP contribution in [0.3, 0.4) is 0 Å². The Morgan fingerprint density at radius 1 is 1.08 bits per heavy atom. The molecule has 3 aromatic rings. The number of thioether (sulfide) groups is 1. The predicted octanol–water partition coefficient (Wildman–Crippen LogP) is 3.45. The molecule has 0 amide bonds. The van der Waals surface area contributed by atoms with Gasteiger partial charge in [-0.05, 0) is 59.4 Å². The number of rotatable bonds is 9. The summed E-state index contributed by atoms with van der Waals surface area (Å²) in [7, 11) is 0. The Balaban J connectivity index is 1.56. The van der Waals surface area contributed by atoms with Crippen LogP contribution in [0.5, 0.6) is 0 Å². The molecule has 0 bridgehead atoms. The van der Waals surface area contributed by atoms with Gasteiger partial charge >= 0.3 is 0 Å². The van der Waals surface area contributed by atoms with Gasteiger partial charge in [-0.15, -0.1) is 5.10 Å². The van der Waals surface area contributed by atoms with Crippen LogP contribution in [0, 0.1) is 0 Å². The lowest BCUT2D eigenvalue weighted by molar-refractivity contribution is 0.753. The van der Waals surface area contributed by atoms with Crippen LogP contribution in [-0.4, -0.2) is 36.2 Å². The van der Waals surface area contributed by atoms with E-state index in [0.29, 0.717) is 0 Å². The quantitative estimate of drug-likeness (QED) is 0.476. The van der Waals surface area contributed by atoms with Crippen molar-refractivity contribution in [3.63, 3.8) is 0 Å². The number of benzene rings is 1. The van der Waals surface area contributed by atoms with Crippen LogP contribution < -0.4 is 0 Å². The van der Waals surface area contributed by atoms with E-state index in [9.17, 15) is 0 Å². The SMILES string of the molecule is CCCCc1ccc(-n2nnnc2SCCCc2cn[nH]c2)cc1. The third kappa shape index (κ3) is 4.44. The van der Waals surface area contributed by atoms with Gasteiger partial charge in [0.05, 0.1) is 11.9 Å². The fourth-order valence-corrected chi connectivity index (χ4v) is 3.30. The lowest BCUT2D eigenvalue weighted by atomic mass is 10.1. The standard InChI is InChI=1S/C17H22N6S/c1-2-3-5-14-7-9-16(10-8-14)23-17(20-21-22-23)24-11-4-6-15-12-18-19-13-15/h7-10,12-13H,2-6,11H2,1H3,(H,18,19). The fourth-order valence-electron chi connectivity index (χ4n) is 2.47. The second kappa shape index (κ2) is 8.63. The van der Waals surface area contributed by atoms with Gasteiger partial charge in [-0.25, -0.2) is 0 Å². The average molecular weight is 342 g/mol. The van der Waals surface area contributed by atoms with E-state index in [1.54, 1.807) is 11.8 Å². The molecule has 2 heterocycles.